The number of nitrogens with zero attached hydrogens (tertiary/aromatic N) is 1. The molecule has 4 nitrogen and oxygen atoms in total. The van der Waals surface area contributed by atoms with Gasteiger partial charge in [-0.1, -0.05) is 0 Å². The first-order chi connectivity index (χ1) is 9.46. The molecule has 0 aliphatic carbocycles. The Balaban J connectivity index is 1.78. The highest BCUT2D eigenvalue weighted by Crippen LogP contribution is 2.17. The molecular weight excluding hydrogens is 252 g/mol. The van der Waals surface area contributed by atoms with E-state index in [-0.39, 0.29) is 5.54 Å². The fourth-order valence-corrected chi connectivity index (χ4v) is 2.49. The maximum absolute atomic E-state index is 5.67. The molecule has 1 N–H and O–H groups in total. The number of nitrogens with one attached hydrogen (secondary N) is 1. The highest BCUT2D eigenvalue weighted by molar-refractivity contribution is 5.13. The molecule has 0 radical (unpaired) electrons. The lowest BCUT2D eigenvalue weighted by molar-refractivity contribution is 0.0370. The summed E-state index contributed by atoms with van der Waals surface area (Å²) in [7, 11) is 1.81. The second-order valence-corrected chi connectivity index (χ2v) is 6.74. The van der Waals surface area contributed by atoms with Crippen molar-refractivity contribution in [3.63, 3.8) is 0 Å². The molecule has 2 rings (SSSR count). The molecule has 0 saturated carbocycles. The molecule has 1 aliphatic rings. The SMILES string of the molecule is COC1CCN(Cc2cc(CNC(C)(C)C)co2)CC1. The molecule has 1 aromatic heterocycles. The number of piperidine rings is 1. The van der Waals surface area contributed by atoms with Crippen LogP contribution in [0, 0.1) is 0 Å². The van der Waals surface area contributed by atoms with E-state index >= 15 is 0 Å². The summed E-state index contributed by atoms with van der Waals surface area (Å²) in [6.45, 7) is 10.5. The van der Waals surface area contributed by atoms with Gasteiger partial charge in [-0.15, -0.1) is 0 Å². The first kappa shape index (κ1) is 15.5. The zero-order valence-corrected chi connectivity index (χ0v) is 13.2. The van der Waals surface area contributed by atoms with Crippen LogP contribution >= 0.6 is 0 Å². The predicted molar refractivity (Wildman–Crippen MR) is 80.6 cm³/mol. The smallest absolute Gasteiger partial charge is 0.118 e. The van der Waals surface area contributed by atoms with Gasteiger partial charge in [-0.2, -0.15) is 0 Å². The summed E-state index contributed by atoms with van der Waals surface area (Å²) in [5.74, 6) is 1.06. The molecule has 0 spiro atoms. The van der Waals surface area contributed by atoms with Crippen LogP contribution in [0.3, 0.4) is 0 Å². The van der Waals surface area contributed by atoms with Crippen LogP contribution in [0.2, 0.25) is 0 Å². The Morgan fingerprint density at radius 2 is 2.05 bits per heavy atom. The van der Waals surface area contributed by atoms with Crippen LogP contribution in [0.4, 0.5) is 0 Å². The number of hydrogen-bond donors (Lipinski definition) is 1. The van der Waals surface area contributed by atoms with Crippen molar-refractivity contribution < 1.29 is 9.15 Å². The molecule has 0 bridgehead atoms. The first-order valence-corrected chi connectivity index (χ1v) is 7.53. The van der Waals surface area contributed by atoms with Crippen LogP contribution in [-0.4, -0.2) is 36.7 Å². The van der Waals surface area contributed by atoms with E-state index in [1.54, 1.807) is 7.11 Å². The summed E-state index contributed by atoms with van der Waals surface area (Å²) in [5, 5.41) is 3.48. The lowest BCUT2D eigenvalue weighted by Crippen LogP contribution is -2.36. The summed E-state index contributed by atoms with van der Waals surface area (Å²) >= 11 is 0. The summed E-state index contributed by atoms with van der Waals surface area (Å²) in [6, 6.07) is 2.17. The van der Waals surface area contributed by atoms with Gasteiger partial charge in [-0.05, 0) is 39.7 Å². The van der Waals surface area contributed by atoms with Gasteiger partial charge < -0.3 is 14.5 Å². The normalized spacial score (nSPS) is 18.6. The minimum absolute atomic E-state index is 0.138. The third kappa shape index (κ3) is 4.93. The van der Waals surface area contributed by atoms with Crippen LogP contribution in [-0.2, 0) is 17.8 Å². The lowest BCUT2D eigenvalue weighted by atomic mass is 10.1. The Morgan fingerprint density at radius 3 is 2.65 bits per heavy atom. The largest absolute Gasteiger partial charge is 0.468 e. The van der Waals surface area contributed by atoms with Crippen LogP contribution in [0.1, 0.15) is 44.9 Å². The Morgan fingerprint density at radius 1 is 1.35 bits per heavy atom. The van der Waals surface area contributed by atoms with Crippen molar-refractivity contribution in [3.05, 3.63) is 23.7 Å². The quantitative estimate of drug-likeness (QED) is 0.900. The van der Waals surface area contributed by atoms with E-state index in [0.717, 1.165) is 44.8 Å². The number of rotatable bonds is 5. The maximum atomic E-state index is 5.67. The molecule has 0 aromatic carbocycles. The standard InChI is InChI=1S/C16H28N2O2/c1-16(2,3)17-10-13-9-15(20-12-13)11-18-7-5-14(19-4)6-8-18/h9,12,14,17H,5-8,10-11H2,1-4H3. The fourth-order valence-electron chi connectivity index (χ4n) is 2.49. The van der Waals surface area contributed by atoms with Gasteiger partial charge in [0.2, 0.25) is 0 Å². The second-order valence-electron chi connectivity index (χ2n) is 6.74. The summed E-state index contributed by atoms with van der Waals surface area (Å²) in [5.41, 5.74) is 1.36. The molecule has 0 unspecified atom stereocenters. The van der Waals surface area contributed by atoms with Crippen molar-refractivity contribution in [2.75, 3.05) is 20.2 Å². The molecule has 1 aromatic rings. The average Bonchev–Trinajstić information content (AvgIpc) is 2.84. The molecule has 20 heavy (non-hydrogen) atoms. The second kappa shape index (κ2) is 6.74. The minimum Gasteiger partial charge on any atom is -0.468 e. The zero-order valence-electron chi connectivity index (χ0n) is 13.2. The van der Waals surface area contributed by atoms with E-state index in [2.05, 4.69) is 37.1 Å². The van der Waals surface area contributed by atoms with Crippen molar-refractivity contribution in [1.82, 2.24) is 10.2 Å². The number of ether oxygens (including phenoxy) is 1. The van der Waals surface area contributed by atoms with Gasteiger partial charge in [-0.3, -0.25) is 4.90 Å². The zero-order chi connectivity index (χ0) is 14.6. The molecule has 114 valence electrons. The van der Waals surface area contributed by atoms with Gasteiger partial charge >= 0.3 is 0 Å². The fraction of sp³-hybridized carbons (Fsp3) is 0.750. The maximum Gasteiger partial charge on any atom is 0.118 e. The third-order valence-corrected chi connectivity index (χ3v) is 3.78. The highest BCUT2D eigenvalue weighted by atomic mass is 16.5. The van der Waals surface area contributed by atoms with Gasteiger partial charge in [0.25, 0.3) is 0 Å². The van der Waals surface area contributed by atoms with Gasteiger partial charge in [0.15, 0.2) is 0 Å². The summed E-state index contributed by atoms with van der Waals surface area (Å²) < 4.78 is 11.1. The Labute approximate surface area is 122 Å². The number of hydrogen-bond acceptors (Lipinski definition) is 4. The molecule has 1 fully saturated rings. The first-order valence-electron chi connectivity index (χ1n) is 7.53. The van der Waals surface area contributed by atoms with E-state index in [1.807, 2.05) is 6.26 Å². The van der Waals surface area contributed by atoms with E-state index in [0.29, 0.717) is 6.10 Å². The molecule has 1 aliphatic heterocycles. The van der Waals surface area contributed by atoms with Crippen LogP contribution in [0.25, 0.3) is 0 Å². The number of methoxy groups -OCH3 is 1. The van der Waals surface area contributed by atoms with Gasteiger partial charge in [0.1, 0.15) is 5.76 Å². The molecular formula is C16H28N2O2. The van der Waals surface area contributed by atoms with E-state index in [1.165, 1.54) is 5.56 Å². The lowest BCUT2D eigenvalue weighted by Gasteiger charge is -2.30. The Kier molecular flexibility index (Phi) is 5.24. The van der Waals surface area contributed by atoms with E-state index < -0.39 is 0 Å². The van der Waals surface area contributed by atoms with Crippen molar-refractivity contribution >= 4 is 0 Å². The third-order valence-electron chi connectivity index (χ3n) is 3.78. The van der Waals surface area contributed by atoms with Crippen molar-refractivity contribution in [1.29, 1.82) is 0 Å². The van der Waals surface area contributed by atoms with Crippen LogP contribution in [0.15, 0.2) is 16.7 Å². The molecule has 0 amide bonds. The number of likely N-dealkylation sites (tertiary alicyclic amines) is 1. The highest BCUT2D eigenvalue weighted by Gasteiger charge is 2.19. The van der Waals surface area contributed by atoms with Crippen LogP contribution in [0.5, 0.6) is 0 Å². The molecule has 1 saturated heterocycles. The molecule has 2 heterocycles. The number of furan rings is 1. The van der Waals surface area contributed by atoms with Crippen molar-refractivity contribution in [2.24, 2.45) is 0 Å². The monoisotopic (exact) mass is 280 g/mol. The Hall–Kier alpha value is -0.840. The molecule has 0 atom stereocenters. The van der Waals surface area contributed by atoms with Crippen molar-refractivity contribution in [2.45, 2.75) is 58.3 Å². The van der Waals surface area contributed by atoms with Gasteiger partial charge in [0, 0.05) is 37.8 Å². The summed E-state index contributed by atoms with van der Waals surface area (Å²) in [4.78, 5) is 2.44. The van der Waals surface area contributed by atoms with E-state index in [9.17, 15) is 0 Å². The Bertz CT molecular complexity index is 401. The summed E-state index contributed by atoms with van der Waals surface area (Å²) in [6.07, 6.45) is 4.55. The predicted octanol–water partition coefficient (Wildman–Crippen LogP) is 2.78. The minimum atomic E-state index is 0.138. The average molecular weight is 280 g/mol. The molecule has 4 heteroatoms. The van der Waals surface area contributed by atoms with Crippen LogP contribution < -0.4 is 5.32 Å². The van der Waals surface area contributed by atoms with E-state index in [4.69, 9.17) is 9.15 Å². The van der Waals surface area contributed by atoms with Gasteiger partial charge in [-0.25, -0.2) is 0 Å². The topological polar surface area (TPSA) is 37.6 Å². The van der Waals surface area contributed by atoms with Crippen molar-refractivity contribution in [3.8, 4) is 0 Å². The van der Waals surface area contributed by atoms with Gasteiger partial charge in [0.05, 0.1) is 18.9 Å².